The lowest BCUT2D eigenvalue weighted by atomic mass is 10.0. The minimum Gasteiger partial charge on any atom is -0.309 e. The van der Waals surface area contributed by atoms with Crippen molar-refractivity contribution in [1.82, 2.24) is 4.57 Å². The van der Waals surface area contributed by atoms with Crippen LogP contribution in [-0.2, 0) is 0 Å². The van der Waals surface area contributed by atoms with Crippen molar-refractivity contribution in [3.8, 4) is 16.8 Å². The number of hydrogen-bond acceptors (Lipinski definition) is 0. The van der Waals surface area contributed by atoms with Crippen LogP contribution in [0.2, 0.25) is 5.02 Å². The second-order valence-electron chi connectivity index (χ2n) is 6.43. The van der Waals surface area contributed by atoms with E-state index in [2.05, 4.69) is 89.5 Å². The summed E-state index contributed by atoms with van der Waals surface area (Å²) < 4.78 is 2.30. The van der Waals surface area contributed by atoms with Crippen molar-refractivity contribution in [3.05, 3.63) is 102 Å². The molecule has 0 saturated heterocycles. The average molecular weight is 354 g/mol. The lowest BCUT2D eigenvalue weighted by Gasteiger charge is -2.08. The largest absolute Gasteiger partial charge is 0.309 e. The van der Waals surface area contributed by atoms with Gasteiger partial charge in [-0.1, -0.05) is 66.2 Å². The van der Waals surface area contributed by atoms with Crippen LogP contribution in [-0.4, -0.2) is 4.57 Å². The van der Waals surface area contributed by atoms with E-state index in [0.717, 1.165) is 10.7 Å². The summed E-state index contributed by atoms with van der Waals surface area (Å²) in [5, 5.41) is 3.27. The Morgan fingerprint density at radius 3 is 2.04 bits per heavy atom. The Balaban J connectivity index is 1.83. The predicted octanol–water partition coefficient (Wildman–Crippen LogP) is 7.10. The molecule has 124 valence electrons. The fraction of sp³-hybridized carbons (Fsp3) is 0. The van der Waals surface area contributed by atoms with Crippen molar-refractivity contribution in [2.75, 3.05) is 0 Å². The Morgan fingerprint density at radius 1 is 0.538 bits per heavy atom. The highest BCUT2D eigenvalue weighted by Gasteiger charge is 2.12. The molecule has 0 unspecified atom stereocenters. The summed E-state index contributed by atoms with van der Waals surface area (Å²) in [5.41, 5.74) is 5.99. The molecule has 0 aliphatic carbocycles. The first kappa shape index (κ1) is 15.2. The van der Waals surface area contributed by atoms with E-state index in [4.69, 9.17) is 11.6 Å². The third kappa shape index (κ3) is 2.40. The quantitative estimate of drug-likeness (QED) is 0.319. The van der Waals surface area contributed by atoms with Gasteiger partial charge in [0.05, 0.1) is 11.0 Å². The second-order valence-corrected chi connectivity index (χ2v) is 6.86. The van der Waals surface area contributed by atoms with E-state index in [0.29, 0.717) is 0 Å². The van der Waals surface area contributed by atoms with Crippen LogP contribution in [0, 0.1) is 0 Å². The lowest BCUT2D eigenvalue weighted by Crippen LogP contribution is -1.93. The van der Waals surface area contributed by atoms with Gasteiger partial charge in [-0.3, -0.25) is 0 Å². The normalized spacial score (nSPS) is 11.3. The van der Waals surface area contributed by atoms with E-state index >= 15 is 0 Å². The van der Waals surface area contributed by atoms with Gasteiger partial charge < -0.3 is 4.57 Å². The zero-order valence-electron chi connectivity index (χ0n) is 14.1. The summed E-state index contributed by atoms with van der Waals surface area (Å²) in [6.07, 6.45) is 0. The van der Waals surface area contributed by atoms with E-state index in [-0.39, 0.29) is 0 Å². The van der Waals surface area contributed by atoms with Crippen LogP contribution in [0.15, 0.2) is 97.1 Å². The molecule has 0 atom stereocenters. The zero-order valence-corrected chi connectivity index (χ0v) is 14.8. The van der Waals surface area contributed by atoms with Gasteiger partial charge in [-0.2, -0.15) is 0 Å². The highest BCUT2D eigenvalue weighted by molar-refractivity contribution is 6.30. The zero-order chi connectivity index (χ0) is 17.5. The Labute approximate surface area is 157 Å². The number of fused-ring (bicyclic) bond motifs is 3. The molecule has 4 aromatic carbocycles. The van der Waals surface area contributed by atoms with Crippen LogP contribution in [0.25, 0.3) is 38.6 Å². The van der Waals surface area contributed by atoms with Crippen molar-refractivity contribution in [2.24, 2.45) is 0 Å². The average Bonchev–Trinajstić information content (AvgIpc) is 3.03. The molecule has 1 aromatic heterocycles. The molecule has 5 rings (SSSR count). The summed E-state index contributed by atoms with van der Waals surface area (Å²) in [6, 6.07) is 33.8. The molecule has 1 nitrogen and oxygen atoms in total. The number of hydrogen-bond donors (Lipinski definition) is 0. The molecule has 26 heavy (non-hydrogen) atoms. The van der Waals surface area contributed by atoms with Crippen molar-refractivity contribution in [3.63, 3.8) is 0 Å². The predicted molar refractivity (Wildman–Crippen MR) is 111 cm³/mol. The first-order chi connectivity index (χ1) is 12.8. The van der Waals surface area contributed by atoms with E-state index in [1.54, 1.807) is 0 Å². The monoisotopic (exact) mass is 353 g/mol. The van der Waals surface area contributed by atoms with E-state index < -0.39 is 0 Å². The lowest BCUT2D eigenvalue weighted by molar-refractivity contribution is 1.18. The van der Waals surface area contributed by atoms with Crippen LogP contribution in [0.4, 0.5) is 0 Å². The van der Waals surface area contributed by atoms with Crippen LogP contribution in [0.1, 0.15) is 0 Å². The third-order valence-electron chi connectivity index (χ3n) is 4.86. The summed E-state index contributed by atoms with van der Waals surface area (Å²) in [6.45, 7) is 0. The number of benzene rings is 4. The fourth-order valence-electron chi connectivity index (χ4n) is 3.65. The highest BCUT2D eigenvalue weighted by Crippen LogP contribution is 2.34. The van der Waals surface area contributed by atoms with Crippen molar-refractivity contribution in [2.45, 2.75) is 0 Å². The molecule has 0 aliphatic rings. The van der Waals surface area contributed by atoms with Crippen LogP contribution < -0.4 is 0 Å². The van der Waals surface area contributed by atoms with E-state index in [1.165, 1.54) is 32.9 Å². The fourth-order valence-corrected chi connectivity index (χ4v) is 3.78. The molecular formula is C24H16ClN. The molecule has 2 heteroatoms. The van der Waals surface area contributed by atoms with Crippen LogP contribution in [0.3, 0.4) is 0 Å². The smallest absolute Gasteiger partial charge is 0.0541 e. The summed E-state index contributed by atoms with van der Waals surface area (Å²) in [5.74, 6) is 0. The summed E-state index contributed by atoms with van der Waals surface area (Å²) in [4.78, 5) is 0. The van der Waals surface area contributed by atoms with Gasteiger partial charge in [0.1, 0.15) is 0 Å². The second kappa shape index (κ2) is 6.05. The van der Waals surface area contributed by atoms with Gasteiger partial charge in [-0.15, -0.1) is 0 Å². The maximum Gasteiger partial charge on any atom is 0.0541 e. The van der Waals surface area contributed by atoms with Crippen molar-refractivity contribution in [1.29, 1.82) is 0 Å². The molecule has 1 heterocycles. The Morgan fingerprint density at radius 2 is 1.23 bits per heavy atom. The molecule has 0 aliphatic heterocycles. The molecule has 0 radical (unpaired) electrons. The minimum absolute atomic E-state index is 0.751. The standard InChI is InChI=1S/C24H16ClN/c25-19-11-13-20(14-12-19)26-23-9-5-4-8-21(23)22-16-18(10-15-24(22)26)17-6-2-1-3-7-17/h1-16H. The van der Waals surface area contributed by atoms with Crippen molar-refractivity contribution < 1.29 is 0 Å². The number of aromatic nitrogens is 1. The van der Waals surface area contributed by atoms with Crippen LogP contribution >= 0.6 is 11.6 Å². The molecule has 0 N–H and O–H groups in total. The molecule has 0 saturated carbocycles. The highest BCUT2D eigenvalue weighted by atomic mass is 35.5. The Hall–Kier alpha value is -3.03. The van der Waals surface area contributed by atoms with Gasteiger partial charge in [0.25, 0.3) is 0 Å². The SMILES string of the molecule is Clc1ccc(-n2c3ccccc3c3cc(-c4ccccc4)ccc32)cc1. The third-order valence-corrected chi connectivity index (χ3v) is 5.12. The number of nitrogens with zero attached hydrogens (tertiary/aromatic N) is 1. The molecular weight excluding hydrogens is 338 g/mol. The van der Waals surface area contributed by atoms with Gasteiger partial charge in [-0.05, 0) is 53.6 Å². The van der Waals surface area contributed by atoms with E-state index in [9.17, 15) is 0 Å². The topological polar surface area (TPSA) is 4.93 Å². The van der Waals surface area contributed by atoms with Crippen molar-refractivity contribution >= 4 is 33.4 Å². The number of para-hydroxylation sites is 1. The molecule has 0 bridgehead atoms. The van der Waals surface area contributed by atoms with Gasteiger partial charge >= 0.3 is 0 Å². The summed E-state index contributed by atoms with van der Waals surface area (Å²) in [7, 11) is 0. The number of halogens is 1. The van der Waals surface area contributed by atoms with E-state index in [1.807, 2.05) is 12.1 Å². The molecule has 0 spiro atoms. The molecule has 0 amide bonds. The Bertz CT molecular complexity index is 1220. The number of rotatable bonds is 2. The molecule has 0 fully saturated rings. The van der Waals surface area contributed by atoms with Gasteiger partial charge in [0.15, 0.2) is 0 Å². The van der Waals surface area contributed by atoms with Crippen LogP contribution in [0.5, 0.6) is 0 Å². The van der Waals surface area contributed by atoms with Gasteiger partial charge in [0.2, 0.25) is 0 Å². The van der Waals surface area contributed by atoms with Gasteiger partial charge in [-0.25, -0.2) is 0 Å². The summed E-state index contributed by atoms with van der Waals surface area (Å²) >= 11 is 6.09. The van der Waals surface area contributed by atoms with Gasteiger partial charge in [0, 0.05) is 21.5 Å². The maximum atomic E-state index is 6.09. The first-order valence-electron chi connectivity index (χ1n) is 8.66. The first-order valence-corrected chi connectivity index (χ1v) is 9.04. The minimum atomic E-state index is 0.751. The molecule has 5 aromatic rings. The maximum absolute atomic E-state index is 6.09. The Kier molecular flexibility index (Phi) is 3.55.